The van der Waals surface area contributed by atoms with Gasteiger partial charge in [0.05, 0.1) is 11.1 Å². The molecular formula is C41H64N8O4. The van der Waals surface area contributed by atoms with Crippen LogP contribution >= 0.6 is 0 Å². The fourth-order valence-electron chi connectivity index (χ4n) is 6.04. The third-order valence-electron chi connectivity index (χ3n) is 9.74. The van der Waals surface area contributed by atoms with Crippen LogP contribution in [-0.2, 0) is 10.8 Å². The van der Waals surface area contributed by atoms with Crippen molar-refractivity contribution in [2.24, 2.45) is 11.8 Å². The normalized spacial score (nSPS) is 12.9. The van der Waals surface area contributed by atoms with Gasteiger partial charge in [0.2, 0.25) is 17.8 Å². The standard InChI is InChI=1S/C41H64N8O4/c1-11-15-17-27(13-3)25-49(26-28(14-4)18-16-12-2)39-43-37(47-45-35(52)31-23-29(40(5,6)7)19-21-33(31)50)42-38(44-39)48-46-36(53)32-24-30(41(8,9)10)20-22-34(32)51/h19-24,27-28,50-51H,11-18,25-26H2,1-10H3,(H,45,52)(H,46,53)(H2,42,43,44,47,48). The van der Waals surface area contributed by atoms with Crippen LogP contribution in [0.1, 0.15) is 152 Å². The Bertz CT molecular complexity index is 1530. The molecule has 2 aromatic carbocycles. The van der Waals surface area contributed by atoms with Gasteiger partial charge < -0.3 is 15.1 Å². The van der Waals surface area contributed by atoms with Gasteiger partial charge in [0.25, 0.3) is 11.8 Å². The highest BCUT2D eigenvalue weighted by molar-refractivity contribution is 5.98. The van der Waals surface area contributed by atoms with E-state index in [9.17, 15) is 19.8 Å². The number of carbonyl (C=O) groups excluding carboxylic acids is 2. The van der Waals surface area contributed by atoms with E-state index in [1.165, 1.54) is 12.1 Å². The van der Waals surface area contributed by atoms with Crippen LogP contribution in [0, 0.1) is 11.8 Å². The van der Waals surface area contributed by atoms with Crippen molar-refractivity contribution < 1.29 is 19.8 Å². The van der Waals surface area contributed by atoms with E-state index in [0.29, 0.717) is 17.8 Å². The molecule has 0 spiro atoms. The highest BCUT2D eigenvalue weighted by atomic mass is 16.3. The number of benzene rings is 2. The van der Waals surface area contributed by atoms with Crippen molar-refractivity contribution in [3.8, 4) is 11.5 Å². The van der Waals surface area contributed by atoms with E-state index in [1.54, 1.807) is 24.3 Å². The van der Waals surface area contributed by atoms with Crippen molar-refractivity contribution in [3.63, 3.8) is 0 Å². The second-order valence-corrected chi connectivity index (χ2v) is 16.1. The predicted molar refractivity (Wildman–Crippen MR) is 214 cm³/mol. The van der Waals surface area contributed by atoms with Gasteiger partial charge in [-0.25, -0.2) is 0 Å². The summed E-state index contributed by atoms with van der Waals surface area (Å²) in [5, 5.41) is 21.1. The SMILES string of the molecule is CCCCC(CC)CN(CC(CC)CCCC)c1nc(NNC(=O)c2cc(C(C)(C)C)ccc2O)nc(NNC(=O)c2cc(C(C)(C)C)ccc2O)n1. The van der Waals surface area contributed by atoms with Crippen molar-refractivity contribution in [2.45, 2.75) is 131 Å². The van der Waals surface area contributed by atoms with Crippen LogP contribution < -0.4 is 26.6 Å². The lowest BCUT2D eigenvalue weighted by molar-refractivity contribution is 0.0951. The fraction of sp³-hybridized carbons (Fsp3) is 0.585. The van der Waals surface area contributed by atoms with Crippen LogP contribution in [0.5, 0.6) is 11.5 Å². The van der Waals surface area contributed by atoms with Crippen LogP contribution in [-0.4, -0.2) is 50.1 Å². The molecule has 12 heteroatoms. The molecule has 12 nitrogen and oxygen atoms in total. The van der Waals surface area contributed by atoms with E-state index >= 15 is 0 Å². The molecule has 0 saturated carbocycles. The van der Waals surface area contributed by atoms with Crippen LogP contribution in [0.2, 0.25) is 0 Å². The number of phenols is 2. The number of nitrogens with zero attached hydrogens (tertiary/aromatic N) is 4. The maximum atomic E-state index is 13.4. The molecule has 3 aromatic rings. The number of amides is 2. The summed E-state index contributed by atoms with van der Waals surface area (Å²) in [6, 6.07) is 9.96. The van der Waals surface area contributed by atoms with Crippen molar-refractivity contribution >= 4 is 29.7 Å². The number of carbonyl (C=O) groups is 2. The van der Waals surface area contributed by atoms with Gasteiger partial charge >= 0.3 is 0 Å². The van der Waals surface area contributed by atoms with E-state index in [0.717, 1.165) is 75.6 Å². The molecule has 1 aromatic heterocycles. The highest BCUT2D eigenvalue weighted by Gasteiger charge is 2.24. The third-order valence-corrected chi connectivity index (χ3v) is 9.74. The number of hydrazine groups is 2. The summed E-state index contributed by atoms with van der Waals surface area (Å²) in [6.45, 7) is 22.5. The first-order chi connectivity index (χ1) is 25.0. The first-order valence-electron chi connectivity index (χ1n) is 19.3. The number of hydrogen-bond acceptors (Lipinski definition) is 10. The molecule has 6 N–H and O–H groups in total. The smallest absolute Gasteiger partial charge is 0.273 e. The van der Waals surface area contributed by atoms with Crippen LogP contribution in [0.3, 0.4) is 0 Å². The molecule has 292 valence electrons. The number of unbranched alkanes of at least 4 members (excludes halogenated alkanes) is 2. The quantitative estimate of drug-likeness (QED) is 0.0658. The van der Waals surface area contributed by atoms with Crippen molar-refractivity contribution in [2.75, 3.05) is 28.8 Å². The summed E-state index contributed by atoms with van der Waals surface area (Å²) < 4.78 is 0. The summed E-state index contributed by atoms with van der Waals surface area (Å²) in [7, 11) is 0. The minimum atomic E-state index is -0.569. The second-order valence-electron chi connectivity index (χ2n) is 16.1. The molecular weight excluding hydrogens is 669 g/mol. The minimum Gasteiger partial charge on any atom is -0.507 e. The Kier molecular flexibility index (Phi) is 15.7. The van der Waals surface area contributed by atoms with Crippen molar-refractivity contribution in [1.82, 2.24) is 25.8 Å². The number of rotatable bonds is 19. The molecule has 53 heavy (non-hydrogen) atoms. The van der Waals surface area contributed by atoms with Gasteiger partial charge in [-0.1, -0.05) is 120 Å². The summed E-state index contributed by atoms with van der Waals surface area (Å²) in [5.74, 6) is -0.139. The molecule has 0 aliphatic rings. The van der Waals surface area contributed by atoms with Gasteiger partial charge in [-0.05, 0) is 70.9 Å². The summed E-state index contributed by atoms with van der Waals surface area (Å²) in [6.07, 6.45) is 8.64. The first-order valence-corrected chi connectivity index (χ1v) is 19.3. The molecule has 0 aliphatic heterocycles. The molecule has 2 unspecified atom stereocenters. The van der Waals surface area contributed by atoms with Gasteiger partial charge in [0.1, 0.15) is 11.5 Å². The molecule has 3 rings (SSSR count). The largest absolute Gasteiger partial charge is 0.507 e. The zero-order valence-corrected chi connectivity index (χ0v) is 33.7. The highest BCUT2D eigenvalue weighted by Crippen LogP contribution is 2.29. The third kappa shape index (κ3) is 12.8. The summed E-state index contributed by atoms with van der Waals surface area (Å²) in [5.41, 5.74) is 12.4. The van der Waals surface area contributed by atoms with Crippen LogP contribution in [0.15, 0.2) is 36.4 Å². The topological polar surface area (TPSA) is 165 Å². The number of nitrogens with one attached hydrogen (secondary N) is 4. The average molecular weight is 733 g/mol. The Labute approximate surface area is 317 Å². The molecule has 0 fully saturated rings. The second kappa shape index (κ2) is 19.5. The fourth-order valence-corrected chi connectivity index (χ4v) is 6.04. The van der Waals surface area contributed by atoms with Gasteiger partial charge in [-0.15, -0.1) is 0 Å². The Hall–Kier alpha value is -4.61. The maximum absolute atomic E-state index is 13.4. The van der Waals surface area contributed by atoms with Crippen molar-refractivity contribution in [3.05, 3.63) is 58.7 Å². The van der Waals surface area contributed by atoms with E-state index in [2.05, 4.69) is 59.3 Å². The lowest BCUT2D eigenvalue weighted by Gasteiger charge is -2.31. The number of hydrogen-bond donors (Lipinski definition) is 6. The predicted octanol–water partition coefficient (Wildman–Crippen LogP) is 8.63. The summed E-state index contributed by atoms with van der Waals surface area (Å²) in [4.78, 5) is 43.0. The molecule has 0 saturated heterocycles. The monoisotopic (exact) mass is 733 g/mol. The lowest BCUT2D eigenvalue weighted by atomic mass is 9.86. The van der Waals surface area contributed by atoms with E-state index in [4.69, 9.17) is 9.97 Å². The molecule has 2 atom stereocenters. The summed E-state index contributed by atoms with van der Waals surface area (Å²) >= 11 is 0. The minimum absolute atomic E-state index is 0.0392. The number of phenolic OH excluding ortho intramolecular Hbond substituents is 2. The van der Waals surface area contributed by atoms with E-state index < -0.39 is 11.8 Å². The average Bonchev–Trinajstić information content (AvgIpc) is 3.11. The molecule has 0 radical (unpaired) electrons. The maximum Gasteiger partial charge on any atom is 0.273 e. The first kappa shape index (κ1) is 42.8. The molecule has 1 heterocycles. The Morgan fingerprint density at radius 2 is 1.06 bits per heavy atom. The number of aromatic hydroxyl groups is 2. The van der Waals surface area contributed by atoms with Crippen molar-refractivity contribution in [1.29, 1.82) is 0 Å². The van der Waals surface area contributed by atoms with Gasteiger partial charge in [-0.3, -0.25) is 31.3 Å². The zero-order valence-electron chi connectivity index (χ0n) is 33.7. The van der Waals surface area contributed by atoms with E-state index in [1.807, 2.05) is 41.5 Å². The van der Waals surface area contributed by atoms with Gasteiger partial charge in [-0.2, -0.15) is 15.0 Å². The Balaban J connectivity index is 2.02. The Morgan fingerprint density at radius 3 is 1.40 bits per heavy atom. The molecule has 0 aliphatic carbocycles. The van der Waals surface area contributed by atoms with Gasteiger partial charge in [0, 0.05) is 13.1 Å². The molecule has 2 amide bonds. The van der Waals surface area contributed by atoms with E-state index in [-0.39, 0.29) is 45.4 Å². The Morgan fingerprint density at radius 1 is 0.660 bits per heavy atom. The van der Waals surface area contributed by atoms with Crippen LogP contribution in [0.25, 0.3) is 0 Å². The molecule has 0 bridgehead atoms. The number of aromatic nitrogens is 3. The van der Waals surface area contributed by atoms with Gasteiger partial charge in [0.15, 0.2) is 0 Å². The zero-order chi connectivity index (χ0) is 39.3. The van der Waals surface area contributed by atoms with Crippen LogP contribution in [0.4, 0.5) is 17.8 Å². The number of anilines is 3. The lowest BCUT2D eigenvalue weighted by Crippen LogP contribution is -2.37.